The smallest absolute Gasteiger partial charge is 0.288 e. The number of hydrogen-bond acceptors (Lipinski definition) is 5. The average molecular weight is 426 g/mol. The Morgan fingerprint density at radius 3 is 2.62 bits per heavy atom. The van der Waals surface area contributed by atoms with Crippen LogP contribution in [-0.2, 0) is 21.2 Å². The topological polar surface area (TPSA) is 89.0 Å². The first-order valence-electron chi connectivity index (χ1n) is 9.94. The first-order chi connectivity index (χ1) is 13.5. The van der Waals surface area contributed by atoms with Crippen LogP contribution in [0.2, 0.25) is 0 Å². The van der Waals surface area contributed by atoms with Crippen molar-refractivity contribution in [2.75, 3.05) is 6.26 Å². The number of hydrogen-bond donors (Lipinski definition) is 1. The minimum atomic E-state index is -3.31. The first kappa shape index (κ1) is 20.4. The number of nitrogens with zero attached hydrogens (tertiary/aromatic N) is 2. The molecule has 1 aromatic rings. The van der Waals surface area contributed by atoms with Crippen molar-refractivity contribution in [3.05, 3.63) is 34.8 Å². The largest absolute Gasteiger partial charge is 0.344 e. The molecule has 0 spiro atoms. The van der Waals surface area contributed by atoms with Crippen LogP contribution in [-0.4, -0.2) is 36.6 Å². The van der Waals surface area contributed by atoms with Crippen molar-refractivity contribution >= 4 is 15.7 Å². The van der Waals surface area contributed by atoms with Crippen molar-refractivity contribution in [2.45, 2.75) is 62.8 Å². The SMILES string of the molecule is CC(F)(F)c1ncc(C(=O)N[C@H](/C=C/S(C)(=O)=O)C2CC2)nc1[C@@]12CCC[C@@H]1C2. The molecule has 3 fully saturated rings. The molecule has 0 saturated heterocycles. The van der Waals surface area contributed by atoms with Gasteiger partial charge in [-0.15, -0.1) is 0 Å². The highest BCUT2D eigenvalue weighted by Gasteiger charge is 2.61. The molecule has 0 bridgehead atoms. The van der Waals surface area contributed by atoms with Gasteiger partial charge in [-0.3, -0.25) is 9.78 Å². The Kier molecular flexibility index (Phi) is 4.79. The summed E-state index contributed by atoms with van der Waals surface area (Å²) in [5.41, 5.74) is -0.452. The minimum Gasteiger partial charge on any atom is -0.344 e. The summed E-state index contributed by atoms with van der Waals surface area (Å²) >= 11 is 0. The Bertz CT molecular complexity index is 970. The highest BCUT2D eigenvalue weighted by molar-refractivity contribution is 7.93. The fourth-order valence-electron chi connectivity index (χ4n) is 4.54. The zero-order chi connectivity index (χ0) is 21.0. The average Bonchev–Trinajstić information content (AvgIpc) is 3.55. The van der Waals surface area contributed by atoms with Gasteiger partial charge in [0.2, 0.25) is 0 Å². The summed E-state index contributed by atoms with van der Waals surface area (Å²) in [4.78, 5) is 21.1. The summed E-state index contributed by atoms with van der Waals surface area (Å²) in [6.45, 7) is 0.808. The number of sulfone groups is 1. The van der Waals surface area contributed by atoms with Crippen LogP contribution in [0.5, 0.6) is 0 Å². The number of alkyl halides is 2. The van der Waals surface area contributed by atoms with E-state index in [-0.39, 0.29) is 28.4 Å². The lowest BCUT2D eigenvalue weighted by molar-refractivity contribution is 0.0104. The summed E-state index contributed by atoms with van der Waals surface area (Å²) in [7, 11) is -3.31. The van der Waals surface area contributed by atoms with Gasteiger partial charge >= 0.3 is 0 Å². The van der Waals surface area contributed by atoms with Gasteiger partial charge in [0.1, 0.15) is 11.4 Å². The van der Waals surface area contributed by atoms with Crippen LogP contribution in [0.3, 0.4) is 0 Å². The van der Waals surface area contributed by atoms with Crippen LogP contribution in [0.1, 0.15) is 67.3 Å². The maximum absolute atomic E-state index is 14.2. The van der Waals surface area contributed by atoms with Gasteiger partial charge in [-0.2, -0.15) is 8.78 Å². The number of nitrogens with one attached hydrogen (secondary N) is 1. The lowest BCUT2D eigenvalue weighted by Gasteiger charge is -2.21. The number of aromatic nitrogens is 2. The summed E-state index contributed by atoms with van der Waals surface area (Å²) in [6, 6.07) is -0.437. The fraction of sp³-hybridized carbons (Fsp3) is 0.650. The van der Waals surface area contributed by atoms with E-state index in [0.717, 1.165) is 63.3 Å². The van der Waals surface area contributed by atoms with Crippen LogP contribution in [0.15, 0.2) is 17.7 Å². The third-order valence-electron chi connectivity index (χ3n) is 6.26. The van der Waals surface area contributed by atoms with E-state index in [1.54, 1.807) is 0 Å². The molecule has 158 valence electrons. The lowest BCUT2D eigenvalue weighted by atomic mass is 9.95. The maximum Gasteiger partial charge on any atom is 0.288 e. The Labute approximate surface area is 169 Å². The highest BCUT2D eigenvalue weighted by Crippen LogP contribution is 2.65. The summed E-state index contributed by atoms with van der Waals surface area (Å²) in [5, 5.41) is 3.87. The molecule has 1 aromatic heterocycles. The van der Waals surface area contributed by atoms with E-state index in [1.165, 1.54) is 6.08 Å². The van der Waals surface area contributed by atoms with Crippen molar-refractivity contribution in [1.29, 1.82) is 0 Å². The third kappa shape index (κ3) is 4.20. The zero-order valence-electron chi connectivity index (χ0n) is 16.5. The molecule has 4 rings (SSSR count). The number of amides is 1. The van der Waals surface area contributed by atoms with E-state index in [2.05, 4.69) is 15.3 Å². The predicted octanol–water partition coefficient (Wildman–Crippen LogP) is 3.10. The molecule has 1 amide bonds. The first-order valence-corrected chi connectivity index (χ1v) is 11.9. The van der Waals surface area contributed by atoms with Crippen molar-refractivity contribution in [3.63, 3.8) is 0 Å². The standard InChI is InChI=1S/C20H25F2N3O3S/c1-19(21,22)16-17(20-8-3-4-13(20)10-20)24-15(11-23-16)18(26)25-14(12-5-6-12)7-9-29(2,27)28/h7,9,11-14H,3-6,8,10H2,1-2H3,(H,25,26)/b9-7+/t13-,14-,20-/m1/s1. The fourth-order valence-corrected chi connectivity index (χ4v) is 4.99. The van der Waals surface area contributed by atoms with Gasteiger partial charge in [0, 0.05) is 24.0 Å². The van der Waals surface area contributed by atoms with Gasteiger partial charge in [0.05, 0.1) is 17.9 Å². The molecule has 0 radical (unpaired) electrons. The molecule has 3 aliphatic carbocycles. The number of carbonyl (C=O) groups excluding carboxylic acids is 1. The van der Waals surface area contributed by atoms with E-state index in [4.69, 9.17) is 0 Å². The monoisotopic (exact) mass is 425 g/mol. The molecule has 1 N–H and O–H groups in total. The van der Waals surface area contributed by atoms with Gasteiger partial charge in [-0.25, -0.2) is 13.4 Å². The molecule has 3 saturated carbocycles. The molecule has 6 nitrogen and oxygen atoms in total. The lowest BCUT2D eigenvalue weighted by Crippen LogP contribution is -2.36. The summed E-state index contributed by atoms with van der Waals surface area (Å²) in [5.74, 6) is -3.14. The highest BCUT2D eigenvalue weighted by atomic mass is 32.2. The van der Waals surface area contributed by atoms with Crippen molar-refractivity contribution in [2.24, 2.45) is 11.8 Å². The van der Waals surface area contributed by atoms with E-state index >= 15 is 0 Å². The molecule has 1 heterocycles. The van der Waals surface area contributed by atoms with Crippen LogP contribution in [0.4, 0.5) is 8.78 Å². The summed E-state index contributed by atoms with van der Waals surface area (Å²) < 4.78 is 51.1. The Morgan fingerprint density at radius 2 is 2.10 bits per heavy atom. The zero-order valence-corrected chi connectivity index (χ0v) is 17.3. The van der Waals surface area contributed by atoms with Crippen molar-refractivity contribution in [1.82, 2.24) is 15.3 Å². The van der Waals surface area contributed by atoms with E-state index in [0.29, 0.717) is 5.92 Å². The second kappa shape index (κ2) is 6.82. The molecule has 0 aromatic carbocycles. The van der Waals surface area contributed by atoms with Gasteiger partial charge in [-0.05, 0) is 43.9 Å². The van der Waals surface area contributed by atoms with Crippen LogP contribution in [0.25, 0.3) is 0 Å². The quantitative estimate of drug-likeness (QED) is 0.725. The Hall–Kier alpha value is -1.90. The van der Waals surface area contributed by atoms with Crippen LogP contribution < -0.4 is 5.32 Å². The number of carbonyl (C=O) groups is 1. The van der Waals surface area contributed by atoms with Gasteiger partial charge in [0.25, 0.3) is 11.8 Å². The van der Waals surface area contributed by atoms with Crippen molar-refractivity contribution in [3.8, 4) is 0 Å². The molecule has 3 aliphatic rings. The molecule has 3 atom stereocenters. The van der Waals surface area contributed by atoms with Crippen LogP contribution in [0, 0.1) is 11.8 Å². The number of halogens is 2. The minimum absolute atomic E-state index is 0.00155. The van der Waals surface area contributed by atoms with Gasteiger partial charge in [0.15, 0.2) is 9.84 Å². The van der Waals surface area contributed by atoms with E-state index < -0.39 is 27.7 Å². The summed E-state index contributed by atoms with van der Waals surface area (Å²) in [6.07, 6.45) is 9.01. The molecule has 0 aliphatic heterocycles. The second-order valence-corrected chi connectivity index (χ2v) is 10.7. The maximum atomic E-state index is 14.2. The molecule has 0 unspecified atom stereocenters. The normalized spacial score (nSPS) is 27.7. The number of fused-ring (bicyclic) bond motifs is 1. The predicted molar refractivity (Wildman–Crippen MR) is 103 cm³/mol. The Balaban J connectivity index is 1.61. The number of rotatable bonds is 7. The second-order valence-electron chi connectivity index (χ2n) is 8.78. The van der Waals surface area contributed by atoms with Crippen molar-refractivity contribution < 1.29 is 22.0 Å². The third-order valence-corrected chi connectivity index (χ3v) is 6.91. The van der Waals surface area contributed by atoms with Gasteiger partial charge in [-0.1, -0.05) is 12.5 Å². The molecular weight excluding hydrogens is 400 g/mol. The van der Waals surface area contributed by atoms with Gasteiger partial charge < -0.3 is 5.32 Å². The molecular formula is C20H25F2N3O3S. The van der Waals surface area contributed by atoms with E-state index in [1.807, 2.05) is 0 Å². The molecule has 29 heavy (non-hydrogen) atoms. The van der Waals surface area contributed by atoms with Crippen LogP contribution >= 0.6 is 0 Å². The van der Waals surface area contributed by atoms with E-state index in [9.17, 15) is 22.0 Å². The Morgan fingerprint density at radius 1 is 1.38 bits per heavy atom. The molecule has 9 heteroatoms.